The van der Waals surface area contributed by atoms with E-state index in [1.807, 2.05) is 0 Å². The second-order valence-corrected chi connectivity index (χ2v) is 3.74. The molecule has 0 amide bonds. The molecule has 1 N–H and O–H groups in total. The Morgan fingerprint density at radius 3 is 2.47 bits per heavy atom. The minimum atomic E-state index is -1.03. The molecule has 0 aliphatic rings. The lowest BCUT2D eigenvalue weighted by atomic mass is 10.1. The highest BCUT2D eigenvalue weighted by atomic mass is 79.9. The van der Waals surface area contributed by atoms with Gasteiger partial charge in [-0.15, -0.1) is 0 Å². The van der Waals surface area contributed by atoms with Gasteiger partial charge < -0.3 is 9.84 Å². The number of carboxylic acid groups (broad SMARTS) is 1. The molecule has 0 atom stereocenters. The first-order chi connectivity index (χ1) is 6.93. The molecule has 80 valence electrons. The Bertz CT molecular complexity index is 426. The van der Waals surface area contributed by atoms with E-state index in [1.54, 1.807) is 6.92 Å². The fraction of sp³-hybridized carbons (Fsp3) is 0.200. The average molecular weight is 273 g/mol. The van der Waals surface area contributed by atoms with Gasteiger partial charge in [-0.3, -0.25) is 4.79 Å². The highest BCUT2D eigenvalue weighted by molar-refractivity contribution is 9.10. The number of esters is 1. The van der Waals surface area contributed by atoms with Gasteiger partial charge in [0.15, 0.2) is 0 Å². The fourth-order valence-electron chi connectivity index (χ4n) is 1.10. The Kier molecular flexibility index (Phi) is 3.47. The Morgan fingerprint density at radius 1 is 1.40 bits per heavy atom. The van der Waals surface area contributed by atoms with Gasteiger partial charge in [0.2, 0.25) is 0 Å². The smallest absolute Gasteiger partial charge is 0.336 e. The molecule has 1 aromatic carbocycles. The number of hydrogen-bond donors (Lipinski definition) is 1. The summed E-state index contributed by atoms with van der Waals surface area (Å²) in [6, 6.07) is 2.85. The second-order valence-electron chi connectivity index (χ2n) is 2.95. The molecule has 15 heavy (non-hydrogen) atoms. The van der Waals surface area contributed by atoms with E-state index in [4.69, 9.17) is 9.84 Å². The maximum atomic E-state index is 10.8. The number of rotatable bonds is 2. The summed E-state index contributed by atoms with van der Waals surface area (Å²) >= 11 is 3.15. The number of ether oxygens (including phenoxy) is 1. The van der Waals surface area contributed by atoms with Crippen LogP contribution in [0.15, 0.2) is 16.6 Å². The molecule has 0 saturated carbocycles. The van der Waals surface area contributed by atoms with Crippen LogP contribution in [-0.2, 0) is 4.79 Å². The molecule has 0 heterocycles. The summed E-state index contributed by atoms with van der Waals surface area (Å²) in [4.78, 5) is 21.5. The predicted molar refractivity (Wildman–Crippen MR) is 57.1 cm³/mol. The first-order valence-electron chi connectivity index (χ1n) is 4.14. The second kappa shape index (κ2) is 4.44. The lowest BCUT2D eigenvalue weighted by Crippen LogP contribution is -2.05. The Hall–Kier alpha value is -1.36. The van der Waals surface area contributed by atoms with E-state index < -0.39 is 11.9 Å². The number of aromatic carboxylic acids is 1. The molecule has 0 radical (unpaired) electrons. The summed E-state index contributed by atoms with van der Waals surface area (Å²) in [5.74, 6) is -1.10. The van der Waals surface area contributed by atoms with Crippen LogP contribution in [0.3, 0.4) is 0 Å². The average Bonchev–Trinajstić information content (AvgIpc) is 2.12. The number of carbonyl (C=O) groups excluding carboxylic acids is 1. The Balaban J connectivity index is 3.21. The number of hydrogen-bond acceptors (Lipinski definition) is 3. The zero-order valence-corrected chi connectivity index (χ0v) is 9.79. The van der Waals surface area contributed by atoms with E-state index in [1.165, 1.54) is 19.1 Å². The molecule has 0 bridgehead atoms. The van der Waals surface area contributed by atoms with Crippen molar-refractivity contribution in [2.75, 3.05) is 0 Å². The summed E-state index contributed by atoms with van der Waals surface area (Å²) < 4.78 is 5.32. The van der Waals surface area contributed by atoms with E-state index in [2.05, 4.69) is 15.9 Å². The highest BCUT2D eigenvalue weighted by Gasteiger charge is 2.14. The fourth-order valence-corrected chi connectivity index (χ4v) is 1.60. The van der Waals surface area contributed by atoms with Crippen molar-refractivity contribution in [3.05, 3.63) is 27.7 Å². The summed E-state index contributed by atoms with van der Waals surface area (Å²) in [5.41, 5.74) is 0.730. The van der Waals surface area contributed by atoms with Crippen LogP contribution in [0, 0.1) is 6.92 Å². The molecular formula is C10H9BrO4. The number of halogens is 1. The standard InChI is InChI=1S/C10H9BrO4/c1-5-8(15-6(2)12)4-3-7(9(5)11)10(13)14/h3-4H,1-2H3,(H,13,14). The van der Waals surface area contributed by atoms with Gasteiger partial charge in [0.1, 0.15) is 5.75 Å². The molecule has 5 heteroatoms. The van der Waals surface area contributed by atoms with Crippen molar-refractivity contribution in [2.45, 2.75) is 13.8 Å². The van der Waals surface area contributed by atoms with Gasteiger partial charge in [-0.05, 0) is 35.0 Å². The van der Waals surface area contributed by atoms with Crippen molar-refractivity contribution in [1.82, 2.24) is 0 Å². The van der Waals surface area contributed by atoms with Crippen LogP contribution in [0.25, 0.3) is 0 Å². The van der Waals surface area contributed by atoms with Crippen molar-refractivity contribution >= 4 is 27.9 Å². The molecule has 0 saturated heterocycles. The van der Waals surface area contributed by atoms with Crippen LogP contribution in [0.2, 0.25) is 0 Å². The maximum Gasteiger partial charge on any atom is 0.336 e. The normalized spacial score (nSPS) is 9.80. The van der Waals surface area contributed by atoms with E-state index in [0.717, 1.165) is 0 Å². The summed E-state index contributed by atoms with van der Waals surface area (Å²) in [7, 11) is 0. The zero-order chi connectivity index (χ0) is 11.6. The van der Waals surface area contributed by atoms with Crippen molar-refractivity contribution in [3.8, 4) is 5.75 Å². The third kappa shape index (κ3) is 2.56. The third-order valence-corrected chi connectivity index (χ3v) is 2.84. The van der Waals surface area contributed by atoms with E-state index in [0.29, 0.717) is 15.8 Å². The van der Waals surface area contributed by atoms with Crippen LogP contribution >= 0.6 is 15.9 Å². The predicted octanol–water partition coefficient (Wildman–Crippen LogP) is 2.38. The van der Waals surface area contributed by atoms with Gasteiger partial charge in [0.25, 0.3) is 0 Å². The summed E-state index contributed by atoms with van der Waals surface area (Å²) in [6.07, 6.45) is 0. The Morgan fingerprint density at radius 2 is 2.00 bits per heavy atom. The quantitative estimate of drug-likeness (QED) is 0.663. The van der Waals surface area contributed by atoms with Crippen molar-refractivity contribution in [1.29, 1.82) is 0 Å². The van der Waals surface area contributed by atoms with Crippen LogP contribution in [0.1, 0.15) is 22.8 Å². The molecule has 0 aromatic heterocycles. The van der Waals surface area contributed by atoms with Gasteiger partial charge in [0.05, 0.1) is 5.56 Å². The van der Waals surface area contributed by atoms with Crippen LogP contribution in [0.5, 0.6) is 5.75 Å². The maximum absolute atomic E-state index is 10.8. The van der Waals surface area contributed by atoms with Crippen molar-refractivity contribution in [2.24, 2.45) is 0 Å². The molecule has 0 unspecified atom stereocenters. The lowest BCUT2D eigenvalue weighted by molar-refractivity contribution is -0.131. The molecule has 0 fully saturated rings. The lowest BCUT2D eigenvalue weighted by Gasteiger charge is -2.08. The van der Waals surface area contributed by atoms with Gasteiger partial charge in [0, 0.05) is 17.0 Å². The molecular weight excluding hydrogens is 264 g/mol. The number of carbonyl (C=O) groups is 2. The van der Waals surface area contributed by atoms with Crippen molar-refractivity contribution in [3.63, 3.8) is 0 Å². The van der Waals surface area contributed by atoms with E-state index in [9.17, 15) is 9.59 Å². The van der Waals surface area contributed by atoms with Crippen molar-refractivity contribution < 1.29 is 19.4 Å². The zero-order valence-electron chi connectivity index (χ0n) is 8.20. The topological polar surface area (TPSA) is 63.6 Å². The monoisotopic (exact) mass is 272 g/mol. The largest absolute Gasteiger partial charge is 0.478 e. The van der Waals surface area contributed by atoms with E-state index >= 15 is 0 Å². The van der Waals surface area contributed by atoms with E-state index in [-0.39, 0.29) is 5.56 Å². The minimum Gasteiger partial charge on any atom is -0.478 e. The summed E-state index contributed by atoms with van der Waals surface area (Å²) in [6.45, 7) is 2.97. The first-order valence-corrected chi connectivity index (χ1v) is 4.93. The van der Waals surface area contributed by atoms with Crippen LogP contribution in [0.4, 0.5) is 0 Å². The number of carboxylic acids is 1. The number of benzene rings is 1. The van der Waals surface area contributed by atoms with Gasteiger partial charge in [-0.25, -0.2) is 4.79 Å². The highest BCUT2D eigenvalue weighted by Crippen LogP contribution is 2.29. The van der Waals surface area contributed by atoms with Crippen LogP contribution < -0.4 is 4.74 Å². The third-order valence-electron chi connectivity index (χ3n) is 1.82. The summed E-state index contributed by atoms with van der Waals surface area (Å²) in [5, 5.41) is 8.83. The Labute approximate surface area is 95.0 Å². The van der Waals surface area contributed by atoms with Crippen LogP contribution in [-0.4, -0.2) is 17.0 Å². The molecule has 4 nitrogen and oxygen atoms in total. The first kappa shape index (κ1) is 11.7. The molecule has 0 aliphatic carbocycles. The SMILES string of the molecule is CC(=O)Oc1ccc(C(=O)O)c(Br)c1C. The molecule has 1 aromatic rings. The molecule has 0 spiro atoms. The van der Waals surface area contributed by atoms with Gasteiger partial charge in [-0.2, -0.15) is 0 Å². The molecule has 1 rings (SSSR count). The van der Waals surface area contributed by atoms with Gasteiger partial charge in [-0.1, -0.05) is 0 Å². The minimum absolute atomic E-state index is 0.142. The van der Waals surface area contributed by atoms with Gasteiger partial charge >= 0.3 is 11.9 Å². The molecule has 0 aliphatic heterocycles.